The zero-order valence-electron chi connectivity index (χ0n) is 11.6. The van der Waals surface area contributed by atoms with E-state index in [1.165, 1.54) is 12.1 Å². The van der Waals surface area contributed by atoms with Crippen molar-refractivity contribution in [2.45, 2.75) is 19.2 Å². The molecule has 6 heteroatoms. The lowest BCUT2D eigenvalue weighted by atomic mass is 10.0. The van der Waals surface area contributed by atoms with Gasteiger partial charge in [-0.1, -0.05) is 0 Å². The molecule has 3 rings (SSSR count). The van der Waals surface area contributed by atoms with Gasteiger partial charge in [0, 0.05) is 17.9 Å². The van der Waals surface area contributed by atoms with Gasteiger partial charge in [0.2, 0.25) is 0 Å². The van der Waals surface area contributed by atoms with Crippen molar-refractivity contribution in [2.24, 2.45) is 0 Å². The number of hydrogen-bond donors (Lipinski definition) is 1. The van der Waals surface area contributed by atoms with Crippen LogP contribution in [0.1, 0.15) is 12.0 Å². The number of anilines is 2. The highest BCUT2D eigenvalue weighted by atomic mass is 19.4. The maximum Gasteiger partial charge on any atom is 0.573 e. The smallest absolute Gasteiger partial charge is 0.508 e. The van der Waals surface area contributed by atoms with Crippen molar-refractivity contribution >= 4 is 11.4 Å². The molecule has 1 N–H and O–H groups in total. The molecular weight excluding hydrogens is 295 g/mol. The summed E-state index contributed by atoms with van der Waals surface area (Å²) in [6.07, 6.45) is -2.90. The van der Waals surface area contributed by atoms with Crippen LogP contribution in [0, 0.1) is 0 Å². The van der Waals surface area contributed by atoms with Crippen molar-refractivity contribution < 1.29 is 23.0 Å². The molecule has 0 atom stereocenters. The van der Waals surface area contributed by atoms with Gasteiger partial charge in [0.1, 0.15) is 11.5 Å². The Bertz CT molecular complexity index is 668. The Morgan fingerprint density at radius 1 is 1.05 bits per heavy atom. The molecule has 0 fully saturated rings. The SMILES string of the molecule is Oc1ccc2c(c1)CCCN2c1ccc(OC(F)(F)F)cc1. The van der Waals surface area contributed by atoms with Crippen molar-refractivity contribution in [3.8, 4) is 11.5 Å². The van der Waals surface area contributed by atoms with E-state index in [0.29, 0.717) is 0 Å². The second-order valence-corrected chi connectivity index (χ2v) is 5.11. The number of nitrogens with zero attached hydrogens (tertiary/aromatic N) is 1. The fourth-order valence-corrected chi connectivity index (χ4v) is 2.68. The molecule has 1 heterocycles. The predicted octanol–water partition coefficient (Wildman–Crippen LogP) is 4.38. The Kier molecular flexibility index (Phi) is 3.60. The summed E-state index contributed by atoms with van der Waals surface area (Å²) in [4.78, 5) is 2.02. The Hall–Kier alpha value is -2.37. The summed E-state index contributed by atoms with van der Waals surface area (Å²) in [5.74, 6) is -0.0197. The van der Waals surface area contributed by atoms with Crippen LogP contribution < -0.4 is 9.64 Å². The summed E-state index contributed by atoms with van der Waals surface area (Å²) < 4.78 is 40.4. The van der Waals surface area contributed by atoms with Crippen LogP contribution in [0.25, 0.3) is 0 Å². The molecular formula is C16H14F3NO2. The zero-order chi connectivity index (χ0) is 15.7. The van der Waals surface area contributed by atoms with E-state index in [-0.39, 0.29) is 11.5 Å². The van der Waals surface area contributed by atoms with Crippen LogP contribution in [0.4, 0.5) is 24.5 Å². The molecule has 0 aliphatic carbocycles. The molecule has 2 aromatic carbocycles. The largest absolute Gasteiger partial charge is 0.573 e. The van der Waals surface area contributed by atoms with Gasteiger partial charge in [-0.25, -0.2) is 0 Å². The van der Waals surface area contributed by atoms with Crippen LogP contribution in [0.2, 0.25) is 0 Å². The lowest BCUT2D eigenvalue weighted by Gasteiger charge is -2.31. The lowest BCUT2D eigenvalue weighted by Crippen LogP contribution is -2.24. The van der Waals surface area contributed by atoms with E-state index in [9.17, 15) is 18.3 Å². The average Bonchev–Trinajstić information content (AvgIpc) is 2.45. The third-order valence-corrected chi connectivity index (χ3v) is 3.56. The number of halogens is 3. The number of phenolic OH excluding ortho intramolecular Hbond substituents is 1. The minimum absolute atomic E-state index is 0.217. The van der Waals surface area contributed by atoms with E-state index >= 15 is 0 Å². The molecule has 0 radical (unpaired) electrons. The molecule has 0 saturated heterocycles. The van der Waals surface area contributed by atoms with Crippen molar-refractivity contribution in [2.75, 3.05) is 11.4 Å². The van der Waals surface area contributed by atoms with E-state index in [2.05, 4.69) is 4.74 Å². The summed E-state index contributed by atoms with van der Waals surface area (Å²) in [6.45, 7) is 0.775. The third kappa shape index (κ3) is 3.10. The fourth-order valence-electron chi connectivity index (χ4n) is 2.68. The molecule has 0 unspecified atom stereocenters. The van der Waals surface area contributed by atoms with Crippen molar-refractivity contribution in [3.63, 3.8) is 0 Å². The van der Waals surface area contributed by atoms with E-state index in [1.807, 2.05) is 11.0 Å². The second kappa shape index (κ2) is 5.44. The van der Waals surface area contributed by atoms with Gasteiger partial charge in [-0.05, 0) is 60.9 Å². The zero-order valence-corrected chi connectivity index (χ0v) is 11.6. The first-order valence-corrected chi connectivity index (χ1v) is 6.88. The number of benzene rings is 2. The summed E-state index contributed by atoms with van der Waals surface area (Å²) >= 11 is 0. The topological polar surface area (TPSA) is 32.7 Å². The van der Waals surface area contributed by atoms with E-state index in [1.54, 1.807) is 24.3 Å². The second-order valence-electron chi connectivity index (χ2n) is 5.11. The van der Waals surface area contributed by atoms with Crippen molar-refractivity contribution in [1.82, 2.24) is 0 Å². The van der Waals surface area contributed by atoms with Gasteiger partial charge in [-0.2, -0.15) is 0 Å². The Balaban J connectivity index is 1.87. The van der Waals surface area contributed by atoms with Crippen molar-refractivity contribution in [1.29, 1.82) is 0 Å². The number of aromatic hydroxyl groups is 1. The van der Waals surface area contributed by atoms with Gasteiger partial charge >= 0.3 is 6.36 Å². The van der Waals surface area contributed by atoms with Gasteiger partial charge in [-0.15, -0.1) is 13.2 Å². The molecule has 0 spiro atoms. The van der Waals surface area contributed by atoms with Crippen LogP contribution in [-0.4, -0.2) is 18.0 Å². The maximum absolute atomic E-state index is 12.2. The fraction of sp³-hybridized carbons (Fsp3) is 0.250. The summed E-state index contributed by atoms with van der Waals surface area (Å²) in [7, 11) is 0. The van der Waals surface area contributed by atoms with E-state index < -0.39 is 6.36 Å². The quantitative estimate of drug-likeness (QED) is 0.894. The van der Waals surface area contributed by atoms with Gasteiger partial charge < -0.3 is 14.7 Å². The molecule has 1 aliphatic rings. The Morgan fingerprint density at radius 2 is 1.77 bits per heavy atom. The third-order valence-electron chi connectivity index (χ3n) is 3.56. The van der Waals surface area contributed by atoms with Crippen LogP contribution >= 0.6 is 0 Å². The lowest BCUT2D eigenvalue weighted by molar-refractivity contribution is -0.274. The van der Waals surface area contributed by atoms with Crippen LogP contribution in [0.3, 0.4) is 0 Å². The van der Waals surface area contributed by atoms with Crippen LogP contribution in [0.15, 0.2) is 42.5 Å². The highest BCUT2D eigenvalue weighted by Gasteiger charge is 2.31. The summed E-state index contributed by atoms with van der Waals surface area (Å²) in [5.41, 5.74) is 2.79. The van der Waals surface area contributed by atoms with Crippen LogP contribution in [-0.2, 0) is 6.42 Å². The number of ether oxygens (including phenoxy) is 1. The molecule has 0 aromatic heterocycles. The summed E-state index contributed by atoms with van der Waals surface area (Å²) in [5, 5.41) is 9.55. The molecule has 116 valence electrons. The molecule has 0 saturated carbocycles. The highest BCUT2D eigenvalue weighted by molar-refractivity contribution is 5.69. The van der Waals surface area contributed by atoms with Gasteiger partial charge in [-0.3, -0.25) is 0 Å². The molecule has 22 heavy (non-hydrogen) atoms. The monoisotopic (exact) mass is 309 g/mol. The number of alkyl halides is 3. The van der Waals surface area contributed by atoms with Crippen molar-refractivity contribution in [3.05, 3.63) is 48.0 Å². The predicted molar refractivity (Wildman–Crippen MR) is 76.6 cm³/mol. The molecule has 3 nitrogen and oxygen atoms in total. The first kappa shape index (κ1) is 14.6. The number of phenols is 1. The number of hydrogen-bond acceptors (Lipinski definition) is 3. The van der Waals surface area contributed by atoms with E-state index in [0.717, 1.165) is 36.3 Å². The maximum atomic E-state index is 12.2. The molecule has 0 amide bonds. The van der Waals surface area contributed by atoms with Gasteiger partial charge in [0.15, 0.2) is 0 Å². The number of rotatable bonds is 2. The summed E-state index contributed by atoms with van der Waals surface area (Å²) in [6, 6.07) is 11.0. The minimum atomic E-state index is -4.68. The van der Waals surface area contributed by atoms with Gasteiger partial charge in [0.25, 0.3) is 0 Å². The number of aryl methyl sites for hydroxylation is 1. The molecule has 1 aliphatic heterocycles. The minimum Gasteiger partial charge on any atom is -0.508 e. The van der Waals surface area contributed by atoms with Crippen LogP contribution in [0.5, 0.6) is 11.5 Å². The molecule has 2 aromatic rings. The first-order valence-electron chi connectivity index (χ1n) is 6.88. The normalized spacial score (nSPS) is 14.6. The van der Waals surface area contributed by atoms with Gasteiger partial charge in [0.05, 0.1) is 0 Å². The highest BCUT2D eigenvalue weighted by Crippen LogP contribution is 2.36. The number of fused-ring (bicyclic) bond motifs is 1. The molecule has 0 bridgehead atoms. The standard InChI is InChI=1S/C16H14F3NO2/c17-16(18,19)22-14-6-3-12(4-7-14)20-9-1-2-11-10-13(21)5-8-15(11)20/h3-8,10,21H,1-2,9H2. The van der Waals surface area contributed by atoms with E-state index in [4.69, 9.17) is 0 Å². The first-order chi connectivity index (χ1) is 10.4. The Labute approximate surface area is 125 Å². The average molecular weight is 309 g/mol. The Morgan fingerprint density at radius 3 is 2.45 bits per heavy atom.